The van der Waals surface area contributed by atoms with Crippen LogP contribution in [-0.2, 0) is 16.1 Å². The molecule has 2 rings (SSSR count). The third kappa shape index (κ3) is 4.46. The Morgan fingerprint density at radius 2 is 1.90 bits per heavy atom. The van der Waals surface area contributed by atoms with E-state index < -0.39 is 6.10 Å². The van der Waals surface area contributed by atoms with Crippen LogP contribution in [0.1, 0.15) is 26.3 Å². The van der Waals surface area contributed by atoms with E-state index in [1.165, 1.54) is 0 Å². The summed E-state index contributed by atoms with van der Waals surface area (Å²) in [7, 11) is 0. The van der Waals surface area contributed by atoms with Crippen molar-refractivity contribution in [3.05, 3.63) is 35.9 Å². The number of hydrogen-bond donors (Lipinski definition) is 1. The van der Waals surface area contributed by atoms with E-state index in [0.717, 1.165) is 11.3 Å². The second kappa shape index (κ2) is 8.18. The average Bonchev–Trinajstić information content (AvgIpc) is 2.51. The summed E-state index contributed by atoms with van der Waals surface area (Å²) < 4.78 is 11.8. The fourth-order valence-corrected chi connectivity index (χ4v) is 3.74. The highest BCUT2D eigenvalue weighted by molar-refractivity contribution is 7.99. The molecule has 0 aromatic heterocycles. The van der Waals surface area contributed by atoms with Crippen LogP contribution in [0.4, 0.5) is 0 Å². The predicted molar refractivity (Wildman–Crippen MR) is 87.2 cm³/mol. The smallest absolute Gasteiger partial charge is 0.108 e. The lowest BCUT2D eigenvalue weighted by Gasteiger charge is -2.42. The Kier molecular flexibility index (Phi) is 6.55. The van der Waals surface area contributed by atoms with Crippen LogP contribution in [0.15, 0.2) is 30.3 Å². The Morgan fingerprint density at radius 1 is 1.19 bits per heavy atom. The Balaban J connectivity index is 1.86. The van der Waals surface area contributed by atoms with Crippen LogP contribution in [0.25, 0.3) is 0 Å². The van der Waals surface area contributed by atoms with Gasteiger partial charge in [0.05, 0.1) is 19.3 Å². The number of hydrogen-bond acceptors (Lipinski definition) is 4. The summed E-state index contributed by atoms with van der Waals surface area (Å²) in [6.45, 7) is 7.39. The second-order valence-corrected chi connectivity index (χ2v) is 7.08. The standard InChI is InChI=1S/C17H26O3S/c1-4-21-17-13(3)12(2)16(18)15(20-17)11-19-10-14-8-6-5-7-9-14/h5-9,12-13,15-18H,4,10-11H2,1-3H3/t12-,13?,15?,16-,17-/m0/s1. The minimum Gasteiger partial charge on any atom is -0.390 e. The number of rotatable bonds is 6. The molecule has 0 aliphatic carbocycles. The SMILES string of the molecule is CCS[C@@H]1OC(COCc2ccccc2)[C@@H](O)[C@@H](C)C1C. The predicted octanol–water partition coefficient (Wildman–Crippen LogP) is 3.31. The Bertz CT molecular complexity index is 412. The molecule has 1 aromatic rings. The third-order valence-corrected chi connectivity index (χ3v) is 5.41. The summed E-state index contributed by atoms with van der Waals surface area (Å²) in [5.41, 5.74) is 1.29. The number of benzene rings is 1. The van der Waals surface area contributed by atoms with Gasteiger partial charge in [-0.3, -0.25) is 0 Å². The first kappa shape index (κ1) is 16.8. The zero-order valence-corrected chi connectivity index (χ0v) is 13.9. The molecule has 0 saturated carbocycles. The zero-order chi connectivity index (χ0) is 15.2. The topological polar surface area (TPSA) is 38.7 Å². The average molecular weight is 310 g/mol. The third-order valence-electron chi connectivity index (χ3n) is 4.21. The largest absolute Gasteiger partial charge is 0.390 e. The van der Waals surface area contributed by atoms with Crippen LogP contribution >= 0.6 is 11.8 Å². The molecule has 0 spiro atoms. The van der Waals surface area contributed by atoms with E-state index in [0.29, 0.717) is 19.1 Å². The van der Waals surface area contributed by atoms with Gasteiger partial charge >= 0.3 is 0 Å². The highest BCUT2D eigenvalue weighted by atomic mass is 32.2. The summed E-state index contributed by atoms with van der Waals surface area (Å²) in [5, 5.41) is 10.4. The van der Waals surface area contributed by atoms with Crippen molar-refractivity contribution in [2.75, 3.05) is 12.4 Å². The molecule has 4 heteroatoms. The van der Waals surface area contributed by atoms with Crippen LogP contribution in [0.2, 0.25) is 0 Å². The van der Waals surface area contributed by atoms with E-state index in [1.807, 2.05) is 42.1 Å². The van der Waals surface area contributed by atoms with Gasteiger partial charge in [-0.05, 0) is 23.2 Å². The van der Waals surface area contributed by atoms with Crippen LogP contribution in [0.5, 0.6) is 0 Å². The van der Waals surface area contributed by atoms with Crippen molar-refractivity contribution >= 4 is 11.8 Å². The molecule has 1 saturated heterocycles. The first-order valence-corrected chi connectivity index (χ1v) is 8.75. The van der Waals surface area contributed by atoms with Gasteiger partial charge in [0, 0.05) is 0 Å². The molecule has 1 aromatic carbocycles. The molecule has 1 aliphatic rings. The van der Waals surface area contributed by atoms with Gasteiger partial charge in [-0.15, -0.1) is 11.8 Å². The zero-order valence-electron chi connectivity index (χ0n) is 13.1. The normalized spacial score (nSPS) is 33.0. The summed E-state index contributed by atoms with van der Waals surface area (Å²) in [5.74, 6) is 1.61. The molecular formula is C17H26O3S. The molecule has 1 fully saturated rings. The molecular weight excluding hydrogens is 284 g/mol. The number of thioether (sulfide) groups is 1. The molecule has 1 heterocycles. The number of ether oxygens (including phenoxy) is 2. The van der Waals surface area contributed by atoms with Crippen molar-refractivity contribution in [1.29, 1.82) is 0 Å². The summed E-state index contributed by atoms with van der Waals surface area (Å²) in [6, 6.07) is 10.1. The number of aliphatic hydroxyl groups is 1. The lowest BCUT2D eigenvalue weighted by Crippen LogP contribution is -2.50. The van der Waals surface area contributed by atoms with Gasteiger partial charge in [0.1, 0.15) is 11.5 Å². The lowest BCUT2D eigenvalue weighted by atomic mass is 9.86. The van der Waals surface area contributed by atoms with Crippen molar-refractivity contribution in [2.45, 2.75) is 45.0 Å². The highest BCUT2D eigenvalue weighted by Gasteiger charge is 2.40. The Hall–Kier alpha value is -0.550. The summed E-state index contributed by atoms with van der Waals surface area (Å²) in [6.07, 6.45) is -0.687. The molecule has 118 valence electrons. The molecule has 5 atom stereocenters. The lowest BCUT2D eigenvalue weighted by molar-refractivity contribution is -0.161. The second-order valence-electron chi connectivity index (χ2n) is 5.71. The molecule has 0 bridgehead atoms. The minimum absolute atomic E-state index is 0.152. The van der Waals surface area contributed by atoms with Crippen LogP contribution < -0.4 is 0 Å². The van der Waals surface area contributed by atoms with E-state index >= 15 is 0 Å². The van der Waals surface area contributed by atoms with Crippen molar-refractivity contribution in [3.63, 3.8) is 0 Å². The highest BCUT2D eigenvalue weighted by Crippen LogP contribution is 2.36. The van der Waals surface area contributed by atoms with E-state index in [-0.39, 0.29) is 17.5 Å². The molecule has 0 radical (unpaired) electrons. The van der Waals surface area contributed by atoms with E-state index in [2.05, 4.69) is 20.8 Å². The van der Waals surface area contributed by atoms with Gasteiger partial charge in [0.2, 0.25) is 0 Å². The first-order valence-electron chi connectivity index (χ1n) is 7.70. The molecule has 21 heavy (non-hydrogen) atoms. The van der Waals surface area contributed by atoms with Crippen LogP contribution in [-0.4, -0.2) is 35.1 Å². The fourth-order valence-electron chi connectivity index (χ4n) is 2.63. The molecule has 3 nitrogen and oxygen atoms in total. The van der Waals surface area contributed by atoms with Crippen LogP contribution in [0, 0.1) is 11.8 Å². The fraction of sp³-hybridized carbons (Fsp3) is 0.647. The van der Waals surface area contributed by atoms with E-state index in [9.17, 15) is 5.11 Å². The maximum absolute atomic E-state index is 10.4. The van der Waals surface area contributed by atoms with Crippen molar-refractivity contribution in [1.82, 2.24) is 0 Å². The van der Waals surface area contributed by atoms with Crippen molar-refractivity contribution in [2.24, 2.45) is 11.8 Å². The molecule has 0 amide bonds. The van der Waals surface area contributed by atoms with Gasteiger partial charge in [-0.2, -0.15) is 0 Å². The van der Waals surface area contributed by atoms with Crippen LogP contribution in [0.3, 0.4) is 0 Å². The van der Waals surface area contributed by atoms with E-state index in [1.54, 1.807) is 0 Å². The first-order chi connectivity index (χ1) is 10.1. The van der Waals surface area contributed by atoms with Gasteiger partial charge in [-0.1, -0.05) is 51.1 Å². The van der Waals surface area contributed by atoms with Crippen molar-refractivity contribution < 1.29 is 14.6 Å². The summed E-state index contributed by atoms with van der Waals surface area (Å²) in [4.78, 5) is 0. The van der Waals surface area contributed by atoms with E-state index in [4.69, 9.17) is 9.47 Å². The minimum atomic E-state index is -0.454. The maximum atomic E-state index is 10.4. The van der Waals surface area contributed by atoms with Crippen molar-refractivity contribution in [3.8, 4) is 0 Å². The quantitative estimate of drug-likeness (QED) is 0.875. The monoisotopic (exact) mass is 310 g/mol. The van der Waals surface area contributed by atoms with Gasteiger partial charge < -0.3 is 14.6 Å². The van der Waals surface area contributed by atoms with Gasteiger partial charge in [-0.25, -0.2) is 0 Å². The summed E-state index contributed by atoms with van der Waals surface area (Å²) >= 11 is 1.81. The molecule has 2 unspecified atom stereocenters. The maximum Gasteiger partial charge on any atom is 0.108 e. The molecule has 1 N–H and O–H groups in total. The van der Waals surface area contributed by atoms with Gasteiger partial charge in [0.25, 0.3) is 0 Å². The Labute approximate surface area is 132 Å². The Morgan fingerprint density at radius 3 is 2.57 bits per heavy atom. The number of aliphatic hydroxyl groups excluding tert-OH is 1. The van der Waals surface area contributed by atoms with Gasteiger partial charge in [0.15, 0.2) is 0 Å². The molecule has 1 aliphatic heterocycles.